The number of aryl methyl sites for hydroxylation is 1. The van der Waals surface area contributed by atoms with Gasteiger partial charge < -0.3 is 4.74 Å². The van der Waals surface area contributed by atoms with Crippen LogP contribution in [0.1, 0.15) is 25.5 Å². The van der Waals surface area contributed by atoms with Gasteiger partial charge in [0.2, 0.25) is 0 Å². The molecule has 0 radical (unpaired) electrons. The van der Waals surface area contributed by atoms with Crippen LogP contribution in [0.5, 0.6) is 5.75 Å². The molecule has 76 valence electrons. The predicted molar refractivity (Wildman–Crippen MR) is 51.8 cm³/mol. The minimum atomic E-state index is -0.358. The zero-order chi connectivity index (χ0) is 9.97. The van der Waals surface area contributed by atoms with Crippen molar-refractivity contribution >= 4 is 0 Å². The van der Waals surface area contributed by atoms with Gasteiger partial charge in [-0.05, 0) is 25.2 Å². The monoisotopic (exact) mass is 195 g/mol. The third-order valence-electron chi connectivity index (χ3n) is 2.41. The number of hydrogen-bond acceptors (Lipinski definition) is 2. The normalized spacial score (nSPS) is 15.6. The summed E-state index contributed by atoms with van der Waals surface area (Å²) in [7, 11) is 0. The summed E-state index contributed by atoms with van der Waals surface area (Å²) in [5, 5.41) is 0. The van der Waals surface area contributed by atoms with E-state index in [1.807, 2.05) is 6.92 Å². The van der Waals surface area contributed by atoms with Crippen molar-refractivity contribution < 1.29 is 9.13 Å². The summed E-state index contributed by atoms with van der Waals surface area (Å²) < 4.78 is 18.6. The van der Waals surface area contributed by atoms with Crippen LogP contribution in [0.15, 0.2) is 12.3 Å². The van der Waals surface area contributed by atoms with Gasteiger partial charge in [0.15, 0.2) is 11.6 Å². The Bertz CT molecular complexity index is 323. The van der Waals surface area contributed by atoms with Gasteiger partial charge in [-0.15, -0.1) is 0 Å². The maximum absolute atomic E-state index is 13.2. The Balaban J connectivity index is 2.04. The molecule has 0 atom stereocenters. The molecule has 1 aromatic rings. The lowest BCUT2D eigenvalue weighted by molar-refractivity contribution is 0.284. The summed E-state index contributed by atoms with van der Waals surface area (Å²) in [6.07, 6.45) is 4.47. The SMILES string of the molecule is CCc1cc(OCC2CC2)c(F)cn1. The molecular formula is C11H14FNO. The molecular weight excluding hydrogens is 181 g/mol. The molecule has 1 saturated carbocycles. The highest BCUT2D eigenvalue weighted by atomic mass is 19.1. The highest BCUT2D eigenvalue weighted by molar-refractivity contribution is 5.24. The molecule has 0 aliphatic heterocycles. The molecule has 1 aromatic heterocycles. The molecule has 1 aliphatic carbocycles. The third-order valence-corrected chi connectivity index (χ3v) is 2.41. The van der Waals surface area contributed by atoms with Crippen molar-refractivity contribution in [3.05, 3.63) is 23.8 Å². The average molecular weight is 195 g/mol. The number of rotatable bonds is 4. The molecule has 0 bridgehead atoms. The van der Waals surface area contributed by atoms with E-state index in [-0.39, 0.29) is 5.82 Å². The lowest BCUT2D eigenvalue weighted by atomic mass is 10.3. The van der Waals surface area contributed by atoms with Crippen molar-refractivity contribution in [3.8, 4) is 5.75 Å². The number of hydrogen-bond donors (Lipinski definition) is 0. The van der Waals surface area contributed by atoms with Gasteiger partial charge in [0.25, 0.3) is 0 Å². The molecule has 0 amide bonds. The van der Waals surface area contributed by atoms with Crippen LogP contribution in [0.25, 0.3) is 0 Å². The molecule has 0 unspecified atom stereocenters. The van der Waals surface area contributed by atoms with Gasteiger partial charge in [0, 0.05) is 11.8 Å². The Labute approximate surface area is 83.1 Å². The summed E-state index contributed by atoms with van der Waals surface area (Å²) in [5.74, 6) is 0.638. The number of halogens is 1. The van der Waals surface area contributed by atoms with Gasteiger partial charge in [0.05, 0.1) is 12.8 Å². The Morgan fingerprint density at radius 3 is 3.00 bits per heavy atom. The second kappa shape index (κ2) is 3.95. The molecule has 2 nitrogen and oxygen atoms in total. The summed E-state index contributed by atoms with van der Waals surface area (Å²) in [6, 6.07) is 1.69. The zero-order valence-corrected chi connectivity index (χ0v) is 8.29. The van der Waals surface area contributed by atoms with Crippen LogP contribution in [0.3, 0.4) is 0 Å². The first kappa shape index (κ1) is 9.44. The molecule has 3 heteroatoms. The van der Waals surface area contributed by atoms with Crippen LogP contribution in [-0.2, 0) is 6.42 Å². The van der Waals surface area contributed by atoms with Crippen molar-refractivity contribution in [1.29, 1.82) is 0 Å². The first-order valence-corrected chi connectivity index (χ1v) is 5.07. The van der Waals surface area contributed by atoms with E-state index in [4.69, 9.17) is 4.74 Å². The molecule has 0 N–H and O–H groups in total. The van der Waals surface area contributed by atoms with Crippen LogP contribution >= 0.6 is 0 Å². The van der Waals surface area contributed by atoms with Gasteiger partial charge in [-0.2, -0.15) is 0 Å². The Morgan fingerprint density at radius 2 is 2.36 bits per heavy atom. The van der Waals surface area contributed by atoms with Crippen LogP contribution in [0, 0.1) is 11.7 Å². The van der Waals surface area contributed by atoms with Gasteiger partial charge in [-0.25, -0.2) is 4.39 Å². The minimum Gasteiger partial charge on any atom is -0.490 e. The predicted octanol–water partition coefficient (Wildman–Crippen LogP) is 2.57. The van der Waals surface area contributed by atoms with Crippen molar-refractivity contribution in [2.24, 2.45) is 5.92 Å². The van der Waals surface area contributed by atoms with E-state index >= 15 is 0 Å². The third kappa shape index (κ3) is 2.22. The fourth-order valence-electron chi connectivity index (χ4n) is 1.26. The molecule has 0 aromatic carbocycles. The lowest BCUT2D eigenvalue weighted by Crippen LogP contribution is -2.02. The fraction of sp³-hybridized carbons (Fsp3) is 0.545. The first-order chi connectivity index (χ1) is 6.79. The van der Waals surface area contributed by atoms with Crippen LogP contribution in [-0.4, -0.2) is 11.6 Å². The first-order valence-electron chi connectivity index (χ1n) is 5.07. The van der Waals surface area contributed by atoms with Gasteiger partial charge in [0.1, 0.15) is 0 Å². The topological polar surface area (TPSA) is 22.1 Å². The molecule has 0 spiro atoms. The lowest BCUT2D eigenvalue weighted by Gasteiger charge is -2.06. The Morgan fingerprint density at radius 1 is 1.57 bits per heavy atom. The van der Waals surface area contributed by atoms with E-state index in [0.717, 1.165) is 12.1 Å². The van der Waals surface area contributed by atoms with E-state index in [1.165, 1.54) is 19.0 Å². The molecule has 1 fully saturated rings. The quantitative estimate of drug-likeness (QED) is 0.736. The minimum absolute atomic E-state index is 0.351. The van der Waals surface area contributed by atoms with Gasteiger partial charge >= 0.3 is 0 Å². The van der Waals surface area contributed by atoms with E-state index < -0.39 is 0 Å². The van der Waals surface area contributed by atoms with Crippen molar-refractivity contribution in [1.82, 2.24) is 4.98 Å². The maximum atomic E-state index is 13.2. The zero-order valence-electron chi connectivity index (χ0n) is 8.29. The summed E-state index contributed by atoms with van der Waals surface area (Å²) >= 11 is 0. The molecule has 0 saturated heterocycles. The second-order valence-corrected chi connectivity index (χ2v) is 3.71. The standard InChI is InChI=1S/C11H14FNO/c1-2-9-5-11(10(12)6-13-9)14-7-8-3-4-8/h5-6,8H,2-4,7H2,1H3. The highest BCUT2D eigenvalue weighted by Crippen LogP contribution is 2.30. The second-order valence-electron chi connectivity index (χ2n) is 3.71. The molecule has 2 rings (SSSR count). The fourth-order valence-corrected chi connectivity index (χ4v) is 1.26. The average Bonchev–Trinajstić information content (AvgIpc) is 3.00. The Hall–Kier alpha value is -1.12. The summed E-state index contributed by atoms with van der Waals surface area (Å²) in [6.45, 7) is 2.63. The van der Waals surface area contributed by atoms with Gasteiger partial charge in [-0.3, -0.25) is 4.98 Å². The maximum Gasteiger partial charge on any atom is 0.183 e. The number of pyridine rings is 1. The van der Waals surface area contributed by atoms with E-state index in [0.29, 0.717) is 18.3 Å². The summed E-state index contributed by atoms with van der Waals surface area (Å²) in [5.41, 5.74) is 0.872. The van der Waals surface area contributed by atoms with Crippen molar-refractivity contribution in [2.75, 3.05) is 6.61 Å². The Kier molecular flexibility index (Phi) is 2.66. The smallest absolute Gasteiger partial charge is 0.183 e. The van der Waals surface area contributed by atoms with E-state index in [2.05, 4.69) is 4.98 Å². The van der Waals surface area contributed by atoms with Crippen molar-refractivity contribution in [3.63, 3.8) is 0 Å². The molecule has 14 heavy (non-hydrogen) atoms. The van der Waals surface area contributed by atoms with E-state index in [1.54, 1.807) is 6.07 Å². The van der Waals surface area contributed by atoms with Gasteiger partial charge in [-0.1, -0.05) is 6.92 Å². The van der Waals surface area contributed by atoms with Crippen LogP contribution in [0.2, 0.25) is 0 Å². The number of ether oxygens (including phenoxy) is 1. The molecule has 1 aliphatic rings. The molecule has 1 heterocycles. The number of nitrogens with zero attached hydrogens (tertiary/aromatic N) is 1. The highest BCUT2D eigenvalue weighted by Gasteiger charge is 2.22. The van der Waals surface area contributed by atoms with Crippen LogP contribution in [0.4, 0.5) is 4.39 Å². The largest absolute Gasteiger partial charge is 0.490 e. The van der Waals surface area contributed by atoms with E-state index in [9.17, 15) is 4.39 Å². The summed E-state index contributed by atoms with van der Waals surface area (Å²) in [4.78, 5) is 3.95. The number of aromatic nitrogens is 1. The van der Waals surface area contributed by atoms with Crippen molar-refractivity contribution in [2.45, 2.75) is 26.2 Å². The van der Waals surface area contributed by atoms with Crippen LogP contribution < -0.4 is 4.74 Å².